The van der Waals surface area contributed by atoms with Crippen LogP contribution in [0.15, 0.2) is 42.5 Å². The summed E-state index contributed by atoms with van der Waals surface area (Å²) in [6, 6.07) is 14.2. The highest BCUT2D eigenvalue weighted by molar-refractivity contribution is 5.78. The molecule has 0 aliphatic carbocycles. The number of carbonyl (C=O) groups excluding carboxylic acids is 1. The van der Waals surface area contributed by atoms with Crippen LogP contribution >= 0.6 is 0 Å². The normalized spacial score (nSPS) is 18.9. The minimum absolute atomic E-state index is 0.0436. The molecule has 0 saturated carbocycles. The molecule has 4 rings (SSSR count). The van der Waals surface area contributed by atoms with E-state index in [4.69, 9.17) is 14.2 Å². The lowest BCUT2D eigenvalue weighted by atomic mass is 10.0. The second kappa shape index (κ2) is 9.18. The van der Waals surface area contributed by atoms with Gasteiger partial charge in [-0.25, -0.2) is 0 Å². The molecule has 1 saturated heterocycles. The second-order valence-corrected chi connectivity index (χ2v) is 7.51. The first kappa shape index (κ1) is 19.6. The molecule has 0 aromatic heterocycles. The largest absolute Gasteiger partial charge is 0.497 e. The van der Waals surface area contributed by atoms with Crippen molar-refractivity contribution in [1.29, 1.82) is 0 Å². The quantitative estimate of drug-likeness (QED) is 0.812. The average molecular weight is 396 g/mol. The topological polar surface area (TPSA) is 60.0 Å². The predicted octanol–water partition coefficient (Wildman–Crippen LogP) is 3.31. The van der Waals surface area contributed by atoms with Crippen molar-refractivity contribution in [3.05, 3.63) is 53.6 Å². The molecule has 2 aliphatic rings. The van der Waals surface area contributed by atoms with Gasteiger partial charge in [0.05, 0.1) is 26.9 Å². The van der Waals surface area contributed by atoms with Crippen molar-refractivity contribution in [3.63, 3.8) is 0 Å². The maximum Gasteiger partial charge on any atom is 0.234 e. The Morgan fingerprint density at radius 1 is 1.10 bits per heavy atom. The zero-order chi connectivity index (χ0) is 20.1. The number of carbonyl (C=O) groups is 1. The summed E-state index contributed by atoms with van der Waals surface area (Å²) in [6.07, 6.45) is 3.03. The van der Waals surface area contributed by atoms with E-state index in [-0.39, 0.29) is 11.9 Å². The molecular formula is C23H28N2O4. The van der Waals surface area contributed by atoms with Crippen molar-refractivity contribution in [2.24, 2.45) is 0 Å². The summed E-state index contributed by atoms with van der Waals surface area (Å²) in [7, 11) is 1.65. The zero-order valence-electron chi connectivity index (χ0n) is 16.9. The van der Waals surface area contributed by atoms with Gasteiger partial charge in [-0.2, -0.15) is 0 Å². The van der Waals surface area contributed by atoms with Crippen LogP contribution in [0.4, 0.5) is 0 Å². The molecule has 2 aromatic rings. The third-order valence-electron chi connectivity index (χ3n) is 5.52. The van der Waals surface area contributed by atoms with E-state index >= 15 is 0 Å². The van der Waals surface area contributed by atoms with Gasteiger partial charge in [-0.15, -0.1) is 0 Å². The lowest BCUT2D eigenvalue weighted by Crippen LogP contribution is -2.36. The van der Waals surface area contributed by atoms with E-state index in [9.17, 15) is 4.79 Å². The summed E-state index contributed by atoms with van der Waals surface area (Å²) >= 11 is 0. The lowest BCUT2D eigenvalue weighted by molar-refractivity contribution is -0.122. The van der Waals surface area contributed by atoms with Gasteiger partial charge in [-0.3, -0.25) is 9.69 Å². The highest BCUT2D eigenvalue weighted by atomic mass is 16.5. The van der Waals surface area contributed by atoms with E-state index in [1.807, 2.05) is 30.3 Å². The average Bonchev–Trinajstić information content (AvgIpc) is 3.07. The fourth-order valence-electron chi connectivity index (χ4n) is 3.96. The Bertz CT molecular complexity index is 837. The molecule has 1 N–H and O–H groups in total. The van der Waals surface area contributed by atoms with Crippen molar-refractivity contribution in [1.82, 2.24) is 10.2 Å². The van der Waals surface area contributed by atoms with Crippen molar-refractivity contribution in [2.75, 3.05) is 33.4 Å². The first-order valence-corrected chi connectivity index (χ1v) is 10.3. The number of methoxy groups -OCH3 is 1. The maximum atomic E-state index is 12.5. The van der Waals surface area contributed by atoms with Gasteiger partial charge >= 0.3 is 0 Å². The second-order valence-electron chi connectivity index (χ2n) is 7.51. The fraction of sp³-hybridized carbons (Fsp3) is 0.435. The fourth-order valence-corrected chi connectivity index (χ4v) is 3.96. The summed E-state index contributed by atoms with van der Waals surface area (Å²) in [5.41, 5.74) is 2.25. The Morgan fingerprint density at radius 2 is 1.90 bits per heavy atom. The van der Waals surface area contributed by atoms with Crippen LogP contribution in [-0.2, 0) is 11.3 Å². The van der Waals surface area contributed by atoms with Gasteiger partial charge in [-0.05, 0) is 54.8 Å². The minimum Gasteiger partial charge on any atom is -0.497 e. The number of benzene rings is 2. The first-order valence-electron chi connectivity index (χ1n) is 10.3. The van der Waals surface area contributed by atoms with Crippen molar-refractivity contribution in [2.45, 2.75) is 31.8 Å². The third kappa shape index (κ3) is 4.82. The van der Waals surface area contributed by atoms with Gasteiger partial charge in [0.25, 0.3) is 0 Å². The molecule has 2 aliphatic heterocycles. The SMILES string of the molecule is COc1ccc(CNC(=O)CN2CCC[C@H]2c2ccc3c(c2)OCCCO3)cc1. The standard InChI is InChI=1S/C23H28N2O4/c1-27-19-8-5-17(6-9-19)15-24-23(26)16-25-11-2-4-20(25)18-7-10-21-22(14-18)29-13-3-12-28-21/h5-10,14,20H,2-4,11-13,15-16H2,1H3,(H,24,26)/t20-/m0/s1. The van der Waals surface area contributed by atoms with E-state index in [1.165, 1.54) is 5.56 Å². The Balaban J connectivity index is 1.35. The highest BCUT2D eigenvalue weighted by Gasteiger charge is 2.28. The van der Waals surface area contributed by atoms with Crippen LogP contribution in [0.3, 0.4) is 0 Å². The maximum absolute atomic E-state index is 12.5. The zero-order valence-corrected chi connectivity index (χ0v) is 16.9. The van der Waals surface area contributed by atoms with Gasteiger partial charge in [0.15, 0.2) is 11.5 Å². The number of nitrogens with one attached hydrogen (secondary N) is 1. The van der Waals surface area contributed by atoms with Crippen molar-refractivity contribution >= 4 is 5.91 Å². The third-order valence-corrected chi connectivity index (χ3v) is 5.52. The molecule has 2 heterocycles. The number of nitrogens with zero attached hydrogens (tertiary/aromatic N) is 1. The summed E-state index contributed by atoms with van der Waals surface area (Å²) in [5, 5.41) is 3.03. The number of hydrogen-bond donors (Lipinski definition) is 1. The van der Waals surface area contributed by atoms with Crippen LogP contribution < -0.4 is 19.5 Å². The number of hydrogen-bond acceptors (Lipinski definition) is 5. The lowest BCUT2D eigenvalue weighted by Gasteiger charge is -2.25. The monoisotopic (exact) mass is 396 g/mol. The van der Waals surface area contributed by atoms with E-state index in [1.54, 1.807) is 7.11 Å². The van der Waals surface area contributed by atoms with Crippen LogP contribution in [0.2, 0.25) is 0 Å². The summed E-state index contributed by atoms with van der Waals surface area (Å²) in [6.45, 7) is 3.21. The van der Waals surface area contributed by atoms with E-state index in [0.717, 1.165) is 48.6 Å². The van der Waals surface area contributed by atoms with Crippen LogP contribution in [0.25, 0.3) is 0 Å². The molecule has 154 valence electrons. The molecule has 29 heavy (non-hydrogen) atoms. The molecule has 0 bridgehead atoms. The molecule has 6 heteroatoms. The van der Waals surface area contributed by atoms with Gasteiger partial charge in [0.2, 0.25) is 5.91 Å². The Labute approximate surface area is 171 Å². The number of ether oxygens (including phenoxy) is 3. The number of likely N-dealkylation sites (tertiary alicyclic amines) is 1. The molecule has 1 atom stereocenters. The molecule has 1 fully saturated rings. The summed E-state index contributed by atoms with van der Waals surface area (Å²) < 4.78 is 16.7. The van der Waals surface area contributed by atoms with Crippen molar-refractivity contribution < 1.29 is 19.0 Å². The van der Waals surface area contributed by atoms with Crippen LogP contribution in [-0.4, -0.2) is 44.2 Å². The summed E-state index contributed by atoms with van der Waals surface area (Å²) in [5.74, 6) is 2.49. The molecular weight excluding hydrogens is 368 g/mol. The van der Waals surface area contributed by atoms with Crippen LogP contribution in [0.1, 0.15) is 36.4 Å². The van der Waals surface area contributed by atoms with E-state index in [0.29, 0.717) is 26.3 Å². The van der Waals surface area contributed by atoms with Crippen molar-refractivity contribution in [3.8, 4) is 17.2 Å². The molecule has 6 nitrogen and oxygen atoms in total. The van der Waals surface area contributed by atoms with E-state index < -0.39 is 0 Å². The Kier molecular flexibility index (Phi) is 6.20. The van der Waals surface area contributed by atoms with Gasteiger partial charge in [0, 0.05) is 19.0 Å². The predicted molar refractivity (Wildman–Crippen MR) is 110 cm³/mol. The Hall–Kier alpha value is -2.73. The number of rotatable bonds is 6. The molecule has 0 spiro atoms. The van der Waals surface area contributed by atoms with Crippen LogP contribution in [0, 0.1) is 0 Å². The first-order chi connectivity index (χ1) is 14.2. The number of amides is 1. The minimum atomic E-state index is 0.0436. The summed E-state index contributed by atoms with van der Waals surface area (Å²) in [4.78, 5) is 14.8. The molecule has 0 radical (unpaired) electrons. The highest BCUT2D eigenvalue weighted by Crippen LogP contribution is 2.37. The smallest absolute Gasteiger partial charge is 0.234 e. The molecule has 2 aromatic carbocycles. The van der Waals surface area contributed by atoms with Gasteiger partial charge in [-0.1, -0.05) is 18.2 Å². The molecule has 0 unspecified atom stereocenters. The van der Waals surface area contributed by atoms with Gasteiger partial charge in [0.1, 0.15) is 5.75 Å². The van der Waals surface area contributed by atoms with Crippen LogP contribution in [0.5, 0.6) is 17.2 Å². The molecule has 1 amide bonds. The van der Waals surface area contributed by atoms with E-state index in [2.05, 4.69) is 22.3 Å². The number of fused-ring (bicyclic) bond motifs is 1. The Morgan fingerprint density at radius 3 is 2.69 bits per heavy atom. The van der Waals surface area contributed by atoms with Gasteiger partial charge < -0.3 is 19.5 Å².